The van der Waals surface area contributed by atoms with Crippen LogP contribution in [0.2, 0.25) is 5.02 Å². The van der Waals surface area contributed by atoms with Gasteiger partial charge in [0.25, 0.3) is 0 Å². The molecule has 1 N–H and O–H groups in total. The fourth-order valence-electron chi connectivity index (χ4n) is 4.93. The Kier molecular flexibility index (Phi) is 9.30. The number of hydrogen-bond acceptors (Lipinski definition) is 7. The highest BCUT2D eigenvalue weighted by molar-refractivity contribution is 6.30. The summed E-state index contributed by atoms with van der Waals surface area (Å²) in [4.78, 5) is 25.3. The Labute approximate surface area is 240 Å². The van der Waals surface area contributed by atoms with Crippen molar-refractivity contribution in [3.05, 3.63) is 76.8 Å². The predicted octanol–water partition coefficient (Wildman–Crippen LogP) is 6.76. The van der Waals surface area contributed by atoms with Crippen LogP contribution in [0.25, 0.3) is 11.3 Å². The summed E-state index contributed by atoms with van der Waals surface area (Å²) in [5.74, 6) is -0.347. The first kappa shape index (κ1) is 29.3. The van der Waals surface area contributed by atoms with Gasteiger partial charge in [0, 0.05) is 22.5 Å². The molecule has 40 heavy (non-hydrogen) atoms. The molecular weight excluding hydrogens is 530 g/mol. The Morgan fingerprint density at radius 2 is 1.75 bits per heavy atom. The first-order valence-electron chi connectivity index (χ1n) is 13.6. The molecule has 2 aromatic carbocycles. The van der Waals surface area contributed by atoms with Crippen molar-refractivity contribution in [1.29, 1.82) is 0 Å². The molecule has 0 aliphatic heterocycles. The summed E-state index contributed by atoms with van der Waals surface area (Å²) >= 11 is 6.35. The van der Waals surface area contributed by atoms with Crippen LogP contribution in [0, 0.1) is 0 Å². The van der Waals surface area contributed by atoms with Crippen molar-refractivity contribution >= 4 is 23.7 Å². The number of halogens is 1. The van der Waals surface area contributed by atoms with Crippen molar-refractivity contribution in [3.8, 4) is 17.1 Å². The molecule has 1 aliphatic carbocycles. The highest BCUT2D eigenvalue weighted by Gasteiger charge is 2.39. The van der Waals surface area contributed by atoms with Gasteiger partial charge in [-0.1, -0.05) is 54.1 Å². The largest absolute Gasteiger partial charge is 0.473 e. The van der Waals surface area contributed by atoms with E-state index in [1.54, 1.807) is 13.0 Å². The van der Waals surface area contributed by atoms with Crippen LogP contribution in [0.3, 0.4) is 0 Å². The monoisotopic (exact) mass is 565 g/mol. The van der Waals surface area contributed by atoms with Crippen molar-refractivity contribution in [2.75, 3.05) is 13.2 Å². The smallest absolute Gasteiger partial charge is 0.407 e. The Balaban J connectivity index is 1.52. The van der Waals surface area contributed by atoms with Crippen LogP contribution in [0.1, 0.15) is 69.3 Å². The maximum absolute atomic E-state index is 12.8. The number of nitrogens with one attached hydrogen (secondary N) is 1. The second-order valence-corrected chi connectivity index (χ2v) is 11.4. The van der Waals surface area contributed by atoms with E-state index >= 15 is 0 Å². The zero-order valence-corrected chi connectivity index (χ0v) is 24.2. The molecule has 0 radical (unpaired) electrons. The van der Waals surface area contributed by atoms with Crippen LogP contribution in [-0.4, -0.2) is 47.1 Å². The molecule has 1 heterocycles. The quantitative estimate of drug-likeness (QED) is 0.301. The molecule has 0 saturated heterocycles. The fourth-order valence-corrected chi connectivity index (χ4v) is 5.12. The molecule has 3 aromatic rings. The Morgan fingerprint density at radius 1 is 1.02 bits per heavy atom. The lowest BCUT2D eigenvalue weighted by Crippen LogP contribution is -2.46. The van der Waals surface area contributed by atoms with E-state index in [0.717, 1.165) is 24.0 Å². The summed E-state index contributed by atoms with van der Waals surface area (Å²) in [5.41, 5.74) is 1.75. The lowest BCUT2D eigenvalue weighted by Gasteiger charge is -2.41. The normalized spacial score (nSPS) is 19.0. The van der Waals surface area contributed by atoms with Crippen molar-refractivity contribution in [3.63, 3.8) is 0 Å². The lowest BCUT2D eigenvalue weighted by molar-refractivity contribution is 0.0491. The molecular formula is C31H36ClN3O5. The average molecular weight is 566 g/mol. The van der Waals surface area contributed by atoms with E-state index in [2.05, 4.69) is 15.5 Å². The maximum Gasteiger partial charge on any atom is 0.407 e. The van der Waals surface area contributed by atoms with Crippen molar-refractivity contribution in [2.24, 2.45) is 0 Å². The lowest BCUT2D eigenvalue weighted by atomic mass is 9.68. The van der Waals surface area contributed by atoms with Crippen LogP contribution in [0.4, 0.5) is 4.79 Å². The van der Waals surface area contributed by atoms with Gasteiger partial charge in [-0.2, -0.15) is 0 Å². The highest BCUT2D eigenvalue weighted by atomic mass is 35.5. The first-order valence-corrected chi connectivity index (χ1v) is 14.0. The first-order chi connectivity index (χ1) is 19.1. The van der Waals surface area contributed by atoms with Crippen LogP contribution < -0.4 is 10.1 Å². The molecule has 1 amide bonds. The summed E-state index contributed by atoms with van der Waals surface area (Å²) < 4.78 is 17.0. The fraction of sp³-hybridized carbons (Fsp3) is 0.419. The van der Waals surface area contributed by atoms with Crippen molar-refractivity contribution < 1.29 is 23.8 Å². The second kappa shape index (κ2) is 12.7. The molecule has 0 bridgehead atoms. The zero-order valence-electron chi connectivity index (χ0n) is 23.4. The Morgan fingerprint density at radius 3 is 2.40 bits per heavy atom. The predicted molar refractivity (Wildman–Crippen MR) is 154 cm³/mol. The molecule has 212 valence electrons. The minimum absolute atomic E-state index is 0.158. The van der Waals surface area contributed by atoms with Gasteiger partial charge in [-0.3, -0.25) is 0 Å². The van der Waals surface area contributed by atoms with Gasteiger partial charge in [0.15, 0.2) is 0 Å². The highest BCUT2D eigenvalue weighted by Crippen LogP contribution is 2.41. The van der Waals surface area contributed by atoms with Gasteiger partial charge < -0.3 is 19.5 Å². The molecule has 4 rings (SSSR count). The van der Waals surface area contributed by atoms with E-state index in [1.807, 2.05) is 75.4 Å². The van der Waals surface area contributed by atoms with Gasteiger partial charge in [0.05, 0.1) is 12.3 Å². The van der Waals surface area contributed by atoms with E-state index < -0.39 is 17.7 Å². The molecule has 1 fully saturated rings. The third kappa shape index (κ3) is 7.50. The van der Waals surface area contributed by atoms with Crippen molar-refractivity contribution in [2.45, 2.75) is 70.5 Å². The van der Waals surface area contributed by atoms with Crippen LogP contribution in [0.15, 0.2) is 60.7 Å². The number of carbonyl (C=O) groups excluding carboxylic acids is 2. The number of nitrogens with zero attached hydrogens (tertiary/aromatic N) is 2. The van der Waals surface area contributed by atoms with E-state index in [0.29, 0.717) is 30.1 Å². The van der Waals surface area contributed by atoms with Crippen LogP contribution >= 0.6 is 11.6 Å². The summed E-state index contributed by atoms with van der Waals surface area (Å²) in [6, 6.07) is 18.9. The van der Waals surface area contributed by atoms with E-state index in [-0.39, 0.29) is 29.6 Å². The second-order valence-electron chi connectivity index (χ2n) is 11.0. The molecule has 9 heteroatoms. The van der Waals surface area contributed by atoms with Crippen LogP contribution in [-0.2, 0) is 14.9 Å². The van der Waals surface area contributed by atoms with E-state index in [9.17, 15) is 9.59 Å². The summed E-state index contributed by atoms with van der Waals surface area (Å²) in [6.45, 7) is 7.89. The van der Waals surface area contributed by atoms with E-state index in [4.69, 9.17) is 25.8 Å². The number of rotatable bonds is 8. The maximum atomic E-state index is 12.8. The summed E-state index contributed by atoms with van der Waals surface area (Å²) in [5, 5.41) is 12.2. The van der Waals surface area contributed by atoms with E-state index in [1.165, 1.54) is 0 Å². The molecule has 0 unspecified atom stereocenters. The van der Waals surface area contributed by atoms with Gasteiger partial charge in [-0.15, -0.1) is 10.2 Å². The molecule has 1 saturated carbocycles. The number of benzene rings is 2. The number of ether oxygens (including phenoxy) is 3. The summed E-state index contributed by atoms with van der Waals surface area (Å²) in [6.07, 6.45) is 2.13. The number of esters is 1. The van der Waals surface area contributed by atoms with Gasteiger partial charge >= 0.3 is 12.1 Å². The minimum Gasteiger partial charge on any atom is -0.473 e. The third-order valence-electron chi connectivity index (χ3n) is 6.90. The molecule has 0 atom stereocenters. The SMILES string of the molecule is CCOC(=O)c1cc(-c2ccccc2)nnc1OC1CCC(CNC(=O)OC(C)(C)C)(c2cccc(Cl)c2)CC1. The molecule has 0 spiro atoms. The van der Waals surface area contributed by atoms with Crippen LogP contribution in [0.5, 0.6) is 5.88 Å². The van der Waals surface area contributed by atoms with Gasteiger partial charge in [-0.25, -0.2) is 9.59 Å². The van der Waals surface area contributed by atoms with Gasteiger partial charge in [0.1, 0.15) is 17.3 Å². The number of carbonyl (C=O) groups is 2. The van der Waals surface area contributed by atoms with Gasteiger partial charge in [0.2, 0.25) is 5.88 Å². The molecule has 1 aromatic heterocycles. The topological polar surface area (TPSA) is 99.6 Å². The molecule has 8 nitrogen and oxygen atoms in total. The summed E-state index contributed by atoms with van der Waals surface area (Å²) in [7, 11) is 0. The number of amides is 1. The Bertz CT molecular complexity index is 1320. The average Bonchev–Trinajstić information content (AvgIpc) is 2.93. The van der Waals surface area contributed by atoms with Crippen molar-refractivity contribution in [1.82, 2.24) is 15.5 Å². The number of alkyl carbamates (subject to hydrolysis) is 1. The van der Waals surface area contributed by atoms with Gasteiger partial charge in [-0.05, 0) is 77.1 Å². The minimum atomic E-state index is -0.591. The molecule has 1 aliphatic rings. The third-order valence-corrected chi connectivity index (χ3v) is 7.14. The Hall–Kier alpha value is -3.65. The number of hydrogen-bond donors (Lipinski definition) is 1. The standard InChI is InChI=1S/C31H36ClN3O5/c1-5-38-28(36)25-19-26(21-10-7-6-8-11-21)34-35-27(25)39-24-14-16-31(17-15-24,22-12-9-13-23(32)18-22)20-33-29(37)40-30(2,3)4/h6-13,18-19,24H,5,14-17,20H2,1-4H3,(H,33,37). The number of aromatic nitrogens is 2. The zero-order chi connectivity index (χ0) is 28.8.